The Bertz CT molecular complexity index is 1440. The van der Waals surface area contributed by atoms with Crippen molar-refractivity contribution in [3.05, 3.63) is 100 Å². The van der Waals surface area contributed by atoms with Gasteiger partial charge in [-0.25, -0.2) is 4.98 Å². The van der Waals surface area contributed by atoms with Crippen LogP contribution in [0.15, 0.2) is 77.9 Å². The SMILES string of the molecule is CCc1nc2ccc(Br)cc2c(=O)n1N=Cc1ccc(OCc2ccc(Br)cc2Br)c(Cl)c1. The molecule has 0 saturated heterocycles. The molecule has 5 nitrogen and oxygen atoms in total. The zero-order valence-corrected chi connectivity index (χ0v) is 22.9. The van der Waals surface area contributed by atoms with Gasteiger partial charge in [0.1, 0.15) is 18.2 Å². The molecule has 33 heavy (non-hydrogen) atoms. The van der Waals surface area contributed by atoms with Crippen LogP contribution in [-0.4, -0.2) is 15.9 Å². The Kier molecular flexibility index (Phi) is 7.69. The van der Waals surface area contributed by atoms with Crippen molar-refractivity contribution in [2.45, 2.75) is 20.0 Å². The van der Waals surface area contributed by atoms with Crippen LogP contribution >= 0.6 is 59.4 Å². The number of aromatic nitrogens is 2. The third-order valence-corrected chi connectivity index (χ3v) is 6.89. The molecule has 0 saturated carbocycles. The lowest BCUT2D eigenvalue weighted by atomic mass is 10.2. The summed E-state index contributed by atoms with van der Waals surface area (Å²) in [5.41, 5.74) is 2.16. The monoisotopic (exact) mass is 651 g/mol. The zero-order chi connectivity index (χ0) is 23.5. The van der Waals surface area contributed by atoms with E-state index in [-0.39, 0.29) is 5.56 Å². The van der Waals surface area contributed by atoms with Gasteiger partial charge in [-0.3, -0.25) is 4.79 Å². The van der Waals surface area contributed by atoms with Crippen molar-refractivity contribution >= 4 is 76.5 Å². The number of nitrogens with zero attached hydrogens (tertiary/aromatic N) is 3. The Labute approximate surface area is 220 Å². The van der Waals surface area contributed by atoms with Crippen LogP contribution in [0.25, 0.3) is 10.9 Å². The van der Waals surface area contributed by atoms with Gasteiger partial charge in [0, 0.05) is 25.4 Å². The molecule has 0 aliphatic heterocycles. The molecule has 1 aromatic heterocycles. The van der Waals surface area contributed by atoms with Crippen LogP contribution in [0.5, 0.6) is 5.75 Å². The quantitative estimate of drug-likeness (QED) is 0.204. The minimum atomic E-state index is -0.222. The fourth-order valence-corrected chi connectivity index (χ4v) is 4.94. The van der Waals surface area contributed by atoms with Crippen LogP contribution < -0.4 is 10.3 Å². The lowest BCUT2D eigenvalue weighted by Crippen LogP contribution is -2.22. The van der Waals surface area contributed by atoms with Gasteiger partial charge < -0.3 is 4.74 Å². The summed E-state index contributed by atoms with van der Waals surface area (Å²) >= 11 is 16.8. The summed E-state index contributed by atoms with van der Waals surface area (Å²) in [4.78, 5) is 17.6. The van der Waals surface area contributed by atoms with Crippen LogP contribution in [0.4, 0.5) is 0 Å². The Hall–Kier alpha value is -2.00. The van der Waals surface area contributed by atoms with E-state index in [0.717, 1.165) is 24.5 Å². The van der Waals surface area contributed by atoms with Gasteiger partial charge in [0.05, 0.1) is 22.1 Å². The minimum absolute atomic E-state index is 0.222. The Morgan fingerprint density at radius 1 is 1.06 bits per heavy atom. The lowest BCUT2D eigenvalue weighted by Gasteiger charge is -2.10. The van der Waals surface area contributed by atoms with Crippen LogP contribution in [0.3, 0.4) is 0 Å². The first-order valence-electron chi connectivity index (χ1n) is 9.97. The number of benzene rings is 3. The molecule has 4 rings (SSSR count). The Morgan fingerprint density at radius 2 is 1.82 bits per heavy atom. The molecule has 0 bridgehead atoms. The molecule has 168 valence electrons. The van der Waals surface area contributed by atoms with Gasteiger partial charge in [0.15, 0.2) is 0 Å². The van der Waals surface area contributed by atoms with Gasteiger partial charge in [-0.1, -0.05) is 72.4 Å². The highest BCUT2D eigenvalue weighted by Gasteiger charge is 2.10. The molecule has 9 heteroatoms. The molecule has 0 radical (unpaired) electrons. The predicted octanol–water partition coefficient (Wildman–Crippen LogP) is 7.36. The summed E-state index contributed by atoms with van der Waals surface area (Å²) < 4.78 is 9.96. The summed E-state index contributed by atoms with van der Waals surface area (Å²) in [6.45, 7) is 2.31. The number of rotatable bonds is 6. The predicted molar refractivity (Wildman–Crippen MR) is 144 cm³/mol. The van der Waals surface area contributed by atoms with Crippen LogP contribution in [0.1, 0.15) is 23.9 Å². The van der Waals surface area contributed by atoms with Crippen molar-refractivity contribution in [3.63, 3.8) is 0 Å². The molecule has 0 aliphatic carbocycles. The summed E-state index contributed by atoms with van der Waals surface area (Å²) in [5, 5.41) is 5.36. The average Bonchev–Trinajstić information content (AvgIpc) is 2.79. The second-order valence-corrected chi connectivity index (χ2v) is 10.2. The van der Waals surface area contributed by atoms with Gasteiger partial charge in [0.2, 0.25) is 0 Å². The number of halogens is 4. The van der Waals surface area contributed by atoms with Crippen molar-refractivity contribution in [2.24, 2.45) is 5.10 Å². The number of ether oxygens (including phenoxy) is 1. The largest absolute Gasteiger partial charge is 0.487 e. The van der Waals surface area contributed by atoms with E-state index < -0.39 is 0 Å². The topological polar surface area (TPSA) is 56.5 Å². The molecule has 0 amide bonds. The number of fused-ring (bicyclic) bond motifs is 1. The van der Waals surface area contributed by atoms with Crippen LogP contribution in [0, 0.1) is 0 Å². The average molecular weight is 655 g/mol. The maximum atomic E-state index is 13.0. The van der Waals surface area contributed by atoms with Crippen molar-refractivity contribution in [3.8, 4) is 5.75 Å². The standard InChI is InChI=1S/C24H17Br3ClN3O2/c1-2-23-30-21-7-6-16(25)10-18(21)24(32)31(23)29-12-14-3-8-22(20(28)9-14)33-13-15-4-5-17(26)11-19(15)27/h3-12H,2,13H2,1H3. The Balaban J connectivity index is 1.58. The van der Waals surface area contributed by atoms with Crippen molar-refractivity contribution in [1.82, 2.24) is 9.66 Å². The summed E-state index contributed by atoms with van der Waals surface area (Å²) in [7, 11) is 0. The lowest BCUT2D eigenvalue weighted by molar-refractivity contribution is 0.305. The highest BCUT2D eigenvalue weighted by Crippen LogP contribution is 2.28. The van der Waals surface area contributed by atoms with Crippen molar-refractivity contribution < 1.29 is 4.74 Å². The maximum absolute atomic E-state index is 13.0. The molecular formula is C24H17Br3ClN3O2. The van der Waals surface area contributed by atoms with Gasteiger partial charge in [-0.05, 0) is 54.1 Å². The van der Waals surface area contributed by atoms with E-state index in [0.29, 0.717) is 40.5 Å². The van der Waals surface area contributed by atoms with E-state index in [1.807, 2.05) is 43.3 Å². The molecule has 1 heterocycles. The highest BCUT2D eigenvalue weighted by molar-refractivity contribution is 9.11. The molecule has 0 fully saturated rings. The van der Waals surface area contributed by atoms with E-state index in [1.54, 1.807) is 24.4 Å². The van der Waals surface area contributed by atoms with E-state index in [2.05, 4.69) is 57.9 Å². The number of hydrogen-bond donors (Lipinski definition) is 0. The normalized spacial score (nSPS) is 11.4. The minimum Gasteiger partial charge on any atom is -0.487 e. The summed E-state index contributed by atoms with van der Waals surface area (Å²) in [5.74, 6) is 1.14. The summed E-state index contributed by atoms with van der Waals surface area (Å²) in [6, 6.07) is 16.7. The molecule has 4 aromatic rings. The number of hydrogen-bond acceptors (Lipinski definition) is 4. The van der Waals surface area contributed by atoms with Gasteiger partial charge >= 0.3 is 0 Å². The fourth-order valence-electron chi connectivity index (χ4n) is 3.18. The van der Waals surface area contributed by atoms with Crippen molar-refractivity contribution in [1.29, 1.82) is 0 Å². The van der Waals surface area contributed by atoms with E-state index in [4.69, 9.17) is 16.3 Å². The maximum Gasteiger partial charge on any atom is 0.282 e. The second kappa shape index (κ2) is 10.5. The summed E-state index contributed by atoms with van der Waals surface area (Å²) in [6.07, 6.45) is 2.16. The highest BCUT2D eigenvalue weighted by atomic mass is 79.9. The first kappa shape index (κ1) is 24.1. The van der Waals surface area contributed by atoms with Gasteiger partial charge in [-0.15, -0.1) is 0 Å². The van der Waals surface area contributed by atoms with E-state index >= 15 is 0 Å². The zero-order valence-electron chi connectivity index (χ0n) is 17.4. The smallest absolute Gasteiger partial charge is 0.282 e. The Morgan fingerprint density at radius 3 is 2.55 bits per heavy atom. The molecule has 0 spiro atoms. The molecule has 3 aromatic carbocycles. The van der Waals surface area contributed by atoms with Crippen molar-refractivity contribution in [2.75, 3.05) is 0 Å². The van der Waals surface area contributed by atoms with Gasteiger partial charge in [-0.2, -0.15) is 9.78 Å². The van der Waals surface area contributed by atoms with Gasteiger partial charge in [0.25, 0.3) is 5.56 Å². The first-order chi connectivity index (χ1) is 15.9. The van der Waals surface area contributed by atoms with Crippen LogP contribution in [-0.2, 0) is 13.0 Å². The molecule has 0 unspecified atom stereocenters. The number of aryl methyl sites for hydroxylation is 1. The third kappa shape index (κ3) is 5.57. The van der Waals surface area contributed by atoms with Crippen LogP contribution in [0.2, 0.25) is 5.02 Å². The molecule has 0 aliphatic rings. The third-order valence-electron chi connectivity index (χ3n) is 4.87. The van der Waals surface area contributed by atoms with E-state index in [9.17, 15) is 4.79 Å². The molecular weight excluding hydrogens is 637 g/mol. The second-order valence-electron chi connectivity index (χ2n) is 7.12. The fraction of sp³-hybridized carbons (Fsp3) is 0.125. The first-order valence-corrected chi connectivity index (χ1v) is 12.7. The molecule has 0 N–H and O–H groups in total. The van der Waals surface area contributed by atoms with E-state index in [1.165, 1.54) is 4.68 Å². The molecule has 0 atom stereocenters.